The first kappa shape index (κ1) is 23.1. The topological polar surface area (TPSA) is 46.5 Å². The summed E-state index contributed by atoms with van der Waals surface area (Å²) in [5.74, 6) is -8.93. The molecule has 0 aliphatic rings. The van der Waals surface area contributed by atoms with Crippen molar-refractivity contribution in [3.63, 3.8) is 0 Å². The van der Waals surface area contributed by atoms with Gasteiger partial charge < -0.3 is 9.84 Å². The van der Waals surface area contributed by atoms with Gasteiger partial charge in [0.2, 0.25) is 0 Å². The van der Waals surface area contributed by atoms with Gasteiger partial charge in [0, 0.05) is 6.42 Å². The third-order valence-electron chi connectivity index (χ3n) is 3.54. The van der Waals surface area contributed by atoms with Crippen LogP contribution in [-0.2, 0) is 16.1 Å². The molecule has 0 saturated heterocycles. The molecule has 2 unspecified atom stereocenters. The molecule has 0 heterocycles. The van der Waals surface area contributed by atoms with Gasteiger partial charge >= 0.3 is 24.2 Å². The molecule has 0 aromatic heterocycles. The molecule has 1 aromatic rings. The van der Waals surface area contributed by atoms with Gasteiger partial charge in [-0.05, 0) is 12.5 Å². The fraction of sp³-hybridized carbons (Fsp3) is 0.533. The Morgan fingerprint density at radius 1 is 0.926 bits per heavy atom. The number of aliphatic hydroxyl groups is 1. The van der Waals surface area contributed by atoms with E-state index in [4.69, 9.17) is 0 Å². The summed E-state index contributed by atoms with van der Waals surface area (Å²) in [6.07, 6.45) is -16.6. The second-order valence-electron chi connectivity index (χ2n) is 5.88. The van der Waals surface area contributed by atoms with Crippen LogP contribution in [0.2, 0.25) is 0 Å². The lowest BCUT2D eigenvalue weighted by Crippen LogP contribution is -2.65. The third-order valence-corrected chi connectivity index (χ3v) is 3.54. The van der Waals surface area contributed by atoms with Gasteiger partial charge in [0.15, 0.2) is 5.60 Å². The Balaban J connectivity index is 3.11. The summed E-state index contributed by atoms with van der Waals surface area (Å²) in [6, 6.07) is 7.27. The zero-order valence-corrected chi connectivity index (χ0v) is 13.5. The SMILES string of the molecule is CC(O)(CC(F)(C(F)(F)F)C(F)(F)C(F)(F)F)C(=O)OCc1ccccc1. The lowest BCUT2D eigenvalue weighted by atomic mass is 9.83. The lowest BCUT2D eigenvalue weighted by Gasteiger charge is -2.38. The number of hydrogen-bond donors (Lipinski definition) is 1. The minimum absolute atomic E-state index is 0.146. The Bertz CT molecular complexity index is 653. The van der Waals surface area contributed by atoms with Gasteiger partial charge in [-0.2, -0.15) is 35.1 Å². The van der Waals surface area contributed by atoms with E-state index in [0.29, 0.717) is 0 Å². The van der Waals surface area contributed by atoms with E-state index >= 15 is 0 Å². The van der Waals surface area contributed by atoms with Gasteiger partial charge in [-0.25, -0.2) is 9.18 Å². The average molecular weight is 412 g/mol. The maximum Gasteiger partial charge on any atom is 0.457 e. The largest absolute Gasteiger partial charge is 0.459 e. The summed E-state index contributed by atoms with van der Waals surface area (Å²) in [7, 11) is 0. The summed E-state index contributed by atoms with van der Waals surface area (Å²) in [5, 5.41) is 9.67. The fourth-order valence-electron chi connectivity index (χ4n) is 2.04. The summed E-state index contributed by atoms with van der Waals surface area (Å²) < 4.78 is 120. The standard InChI is InChI=1S/C15H13F9O3/c1-11(26,10(25)27-7-9-5-3-2-4-6-9)8-12(16,14(19,20)21)13(17,18)15(22,23)24/h2-6,26H,7-8H2,1H3. The second-order valence-corrected chi connectivity index (χ2v) is 5.88. The van der Waals surface area contributed by atoms with Gasteiger partial charge in [0.1, 0.15) is 6.61 Å². The van der Waals surface area contributed by atoms with E-state index in [-0.39, 0.29) is 12.5 Å². The minimum atomic E-state index is -6.93. The number of ether oxygens (including phenoxy) is 1. The monoisotopic (exact) mass is 412 g/mol. The molecule has 0 aliphatic heterocycles. The van der Waals surface area contributed by atoms with Crippen LogP contribution in [0.15, 0.2) is 30.3 Å². The predicted molar refractivity (Wildman–Crippen MR) is 72.4 cm³/mol. The van der Waals surface area contributed by atoms with Crippen molar-refractivity contribution in [3.05, 3.63) is 35.9 Å². The molecule has 0 radical (unpaired) electrons. The van der Waals surface area contributed by atoms with Crippen LogP contribution in [0.3, 0.4) is 0 Å². The van der Waals surface area contributed by atoms with Crippen molar-refractivity contribution in [2.24, 2.45) is 0 Å². The second kappa shape index (κ2) is 7.21. The zero-order valence-electron chi connectivity index (χ0n) is 13.5. The van der Waals surface area contributed by atoms with E-state index in [1.54, 1.807) is 6.07 Å². The highest BCUT2D eigenvalue weighted by atomic mass is 19.4. The zero-order chi connectivity index (χ0) is 21.3. The maximum absolute atomic E-state index is 14.0. The van der Waals surface area contributed by atoms with E-state index in [1.807, 2.05) is 0 Å². The molecule has 1 aromatic carbocycles. The Morgan fingerprint density at radius 3 is 1.81 bits per heavy atom. The number of esters is 1. The van der Waals surface area contributed by atoms with Crippen LogP contribution in [-0.4, -0.2) is 40.6 Å². The summed E-state index contributed by atoms with van der Waals surface area (Å²) in [5.41, 5.74) is -9.63. The van der Waals surface area contributed by atoms with Crippen molar-refractivity contribution < 1.29 is 54.2 Å². The average Bonchev–Trinajstić information content (AvgIpc) is 2.50. The van der Waals surface area contributed by atoms with E-state index in [9.17, 15) is 49.4 Å². The summed E-state index contributed by atoms with van der Waals surface area (Å²) in [6.45, 7) is -0.496. The van der Waals surface area contributed by atoms with Crippen LogP contribution in [0, 0.1) is 0 Å². The van der Waals surface area contributed by atoms with Crippen LogP contribution in [0.4, 0.5) is 39.5 Å². The molecule has 0 aliphatic carbocycles. The highest BCUT2D eigenvalue weighted by molar-refractivity contribution is 5.79. The van der Waals surface area contributed by atoms with E-state index in [1.165, 1.54) is 24.3 Å². The van der Waals surface area contributed by atoms with Crippen LogP contribution < -0.4 is 0 Å². The van der Waals surface area contributed by atoms with Gasteiger partial charge in [-0.3, -0.25) is 0 Å². The number of carbonyl (C=O) groups is 1. The van der Waals surface area contributed by atoms with Crippen molar-refractivity contribution in [1.29, 1.82) is 0 Å². The molecular formula is C15H13F9O3. The quantitative estimate of drug-likeness (QED) is 0.559. The van der Waals surface area contributed by atoms with Crippen LogP contribution >= 0.6 is 0 Å². The first-order chi connectivity index (χ1) is 12.0. The smallest absolute Gasteiger partial charge is 0.457 e. The van der Waals surface area contributed by atoms with Crippen molar-refractivity contribution >= 4 is 5.97 Å². The molecular weight excluding hydrogens is 399 g/mol. The van der Waals surface area contributed by atoms with Crippen molar-refractivity contribution in [1.82, 2.24) is 0 Å². The van der Waals surface area contributed by atoms with Crippen LogP contribution in [0.25, 0.3) is 0 Å². The molecule has 2 atom stereocenters. The highest BCUT2D eigenvalue weighted by Gasteiger charge is 2.82. The summed E-state index contributed by atoms with van der Waals surface area (Å²) >= 11 is 0. The number of carbonyl (C=O) groups excluding carboxylic acids is 1. The number of benzene rings is 1. The molecule has 0 bridgehead atoms. The molecule has 12 heteroatoms. The van der Waals surface area contributed by atoms with Gasteiger partial charge in [0.25, 0.3) is 5.67 Å². The molecule has 27 heavy (non-hydrogen) atoms. The van der Waals surface area contributed by atoms with Crippen molar-refractivity contribution in [3.8, 4) is 0 Å². The molecule has 0 saturated carbocycles. The Hall–Kier alpha value is -1.98. The van der Waals surface area contributed by atoms with Crippen molar-refractivity contribution in [2.45, 2.75) is 49.5 Å². The van der Waals surface area contributed by atoms with Gasteiger partial charge in [-0.15, -0.1) is 0 Å². The van der Waals surface area contributed by atoms with E-state index < -0.39 is 48.5 Å². The number of halogens is 9. The first-order valence-electron chi connectivity index (χ1n) is 7.09. The Kier molecular flexibility index (Phi) is 6.16. The molecule has 0 spiro atoms. The maximum atomic E-state index is 14.0. The molecule has 3 nitrogen and oxygen atoms in total. The van der Waals surface area contributed by atoms with Gasteiger partial charge in [-0.1, -0.05) is 30.3 Å². The Morgan fingerprint density at radius 2 is 1.41 bits per heavy atom. The third kappa shape index (κ3) is 4.66. The van der Waals surface area contributed by atoms with Crippen LogP contribution in [0.5, 0.6) is 0 Å². The van der Waals surface area contributed by atoms with Crippen LogP contribution in [0.1, 0.15) is 18.9 Å². The first-order valence-corrected chi connectivity index (χ1v) is 7.09. The summed E-state index contributed by atoms with van der Waals surface area (Å²) in [4.78, 5) is 11.7. The molecule has 154 valence electrons. The van der Waals surface area contributed by atoms with E-state index in [2.05, 4.69) is 4.74 Å². The number of rotatable bonds is 6. The fourth-order valence-corrected chi connectivity index (χ4v) is 2.04. The molecule has 0 fully saturated rings. The normalized spacial score (nSPS) is 17.7. The number of hydrogen-bond acceptors (Lipinski definition) is 3. The molecule has 1 N–H and O–H groups in total. The minimum Gasteiger partial charge on any atom is -0.459 e. The molecule has 1 rings (SSSR count). The van der Waals surface area contributed by atoms with Crippen molar-refractivity contribution in [2.75, 3.05) is 0 Å². The Labute approximate surface area is 146 Å². The highest BCUT2D eigenvalue weighted by Crippen LogP contribution is 2.55. The lowest BCUT2D eigenvalue weighted by molar-refractivity contribution is -0.389. The molecule has 0 amide bonds. The van der Waals surface area contributed by atoms with E-state index in [0.717, 1.165) is 0 Å². The number of alkyl halides is 9. The van der Waals surface area contributed by atoms with Gasteiger partial charge in [0.05, 0.1) is 0 Å². The predicted octanol–water partition coefficient (Wildman–Crippen LogP) is 4.34.